The highest BCUT2D eigenvalue weighted by atomic mass is 35.5. The zero-order valence-corrected chi connectivity index (χ0v) is 15.4. The average molecular weight is 366 g/mol. The fourth-order valence-corrected chi connectivity index (χ4v) is 3.47. The van der Waals surface area contributed by atoms with Crippen molar-refractivity contribution in [2.24, 2.45) is 0 Å². The van der Waals surface area contributed by atoms with E-state index in [1.807, 2.05) is 17.5 Å². The third-order valence-corrected chi connectivity index (χ3v) is 4.83. The van der Waals surface area contributed by atoms with Gasteiger partial charge in [0.05, 0.1) is 5.69 Å². The second kappa shape index (κ2) is 7.52. The Hall–Kier alpha value is -2.61. The van der Waals surface area contributed by atoms with E-state index < -0.39 is 0 Å². The number of halogens is 1. The van der Waals surface area contributed by atoms with Crippen molar-refractivity contribution in [1.29, 1.82) is 5.26 Å². The van der Waals surface area contributed by atoms with E-state index in [1.165, 1.54) is 22.5 Å². The van der Waals surface area contributed by atoms with Gasteiger partial charge >= 0.3 is 0 Å². The van der Waals surface area contributed by atoms with Crippen molar-refractivity contribution >= 4 is 34.2 Å². The number of rotatable bonds is 4. The molecule has 0 amide bonds. The van der Waals surface area contributed by atoms with Crippen LogP contribution in [0.3, 0.4) is 0 Å². The summed E-state index contributed by atoms with van der Waals surface area (Å²) < 4.78 is 0. The number of nitrogens with one attached hydrogen (secondary N) is 1. The predicted octanol–water partition coefficient (Wildman–Crippen LogP) is 6.06. The first-order chi connectivity index (χ1) is 12.1. The minimum Gasteiger partial charge on any atom is -0.360 e. The zero-order valence-electron chi connectivity index (χ0n) is 13.9. The van der Waals surface area contributed by atoms with Gasteiger partial charge in [0.2, 0.25) is 0 Å². The standard InChI is InChI=1S/C20H16ClN3S/c1-13-6-7-18(14(2)8-13)19-12-25-20(24-19)15(10-22)11-23-17-5-3-4-16(21)9-17/h3-9,11-12,23H,1-2H3/b15-11+. The summed E-state index contributed by atoms with van der Waals surface area (Å²) in [5.41, 5.74) is 5.69. The van der Waals surface area contributed by atoms with Crippen molar-refractivity contribution in [2.75, 3.05) is 5.32 Å². The molecule has 0 spiro atoms. The highest BCUT2D eigenvalue weighted by molar-refractivity contribution is 7.11. The van der Waals surface area contributed by atoms with E-state index in [2.05, 4.69) is 48.4 Å². The van der Waals surface area contributed by atoms with Crippen LogP contribution in [0.1, 0.15) is 16.1 Å². The van der Waals surface area contributed by atoms with Gasteiger partial charge in [-0.2, -0.15) is 5.26 Å². The smallest absolute Gasteiger partial charge is 0.136 e. The second-order valence-electron chi connectivity index (χ2n) is 5.68. The van der Waals surface area contributed by atoms with Gasteiger partial charge in [-0.05, 0) is 37.6 Å². The van der Waals surface area contributed by atoms with Crippen molar-refractivity contribution in [1.82, 2.24) is 4.98 Å². The Kier molecular flexibility index (Phi) is 5.18. The van der Waals surface area contributed by atoms with Crippen molar-refractivity contribution in [3.05, 3.63) is 75.2 Å². The Bertz CT molecular complexity index is 983. The molecule has 0 aliphatic heterocycles. The SMILES string of the molecule is Cc1ccc(-c2csc(/C(C#N)=C/Nc3cccc(Cl)c3)n2)c(C)c1. The van der Waals surface area contributed by atoms with Crippen LogP contribution in [-0.2, 0) is 0 Å². The van der Waals surface area contributed by atoms with Crippen molar-refractivity contribution in [3.63, 3.8) is 0 Å². The fourth-order valence-electron chi connectivity index (χ4n) is 2.50. The lowest BCUT2D eigenvalue weighted by atomic mass is 10.0. The summed E-state index contributed by atoms with van der Waals surface area (Å²) in [4.78, 5) is 4.63. The van der Waals surface area contributed by atoms with Crippen LogP contribution in [0, 0.1) is 25.2 Å². The predicted molar refractivity (Wildman–Crippen MR) is 106 cm³/mol. The first-order valence-electron chi connectivity index (χ1n) is 7.73. The summed E-state index contributed by atoms with van der Waals surface area (Å²) in [5.74, 6) is 0. The molecule has 0 radical (unpaired) electrons. The van der Waals surface area contributed by atoms with E-state index in [0.29, 0.717) is 15.6 Å². The van der Waals surface area contributed by atoms with Gasteiger partial charge in [0.25, 0.3) is 0 Å². The van der Waals surface area contributed by atoms with Gasteiger partial charge in [-0.3, -0.25) is 0 Å². The molecule has 0 bridgehead atoms. The number of hydrogen-bond donors (Lipinski definition) is 1. The molecular weight excluding hydrogens is 350 g/mol. The molecule has 1 aromatic heterocycles. The van der Waals surface area contributed by atoms with Crippen LogP contribution >= 0.6 is 22.9 Å². The highest BCUT2D eigenvalue weighted by Gasteiger charge is 2.10. The average Bonchev–Trinajstić information content (AvgIpc) is 3.05. The minimum absolute atomic E-state index is 0.487. The molecule has 3 aromatic rings. The Morgan fingerprint density at radius 2 is 2.08 bits per heavy atom. The Morgan fingerprint density at radius 1 is 1.24 bits per heavy atom. The van der Waals surface area contributed by atoms with Crippen LogP contribution in [0.2, 0.25) is 5.02 Å². The molecule has 5 heteroatoms. The van der Waals surface area contributed by atoms with Crippen LogP contribution in [0.5, 0.6) is 0 Å². The van der Waals surface area contributed by atoms with Gasteiger partial charge < -0.3 is 5.32 Å². The lowest BCUT2D eigenvalue weighted by Gasteiger charge is -2.03. The van der Waals surface area contributed by atoms with E-state index in [4.69, 9.17) is 11.6 Å². The number of nitrogens with zero attached hydrogens (tertiary/aromatic N) is 2. The largest absolute Gasteiger partial charge is 0.360 e. The molecule has 0 aliphatic carbocycles. The third kappa shape index (κ3) is 4.08. The number of anilines is 1. The lowest BCUT2D eigenvalue weighted by molar-refractivity contribution is 1.32. The van der Waals surface area contributed by atoms with Crippen molar-refractivity contribution in [3.8, 4) is 17.3 Å². The first kappa shape index (κ1) is 17.2. The molecule has 1 heterocycles. The molecule has 0 saturated carbocycles. The molecule has 3 nitrogen and oxygen atoms in total. The zero-order chi connectivity index (χ0) is 17.8. The number of allylic oxidation sites excluding steroid dienone is 1. The summed E-state index contributed by atoms with van der Waals surface area (Å²) in [6.07, 6.45) is 1.66. The van der Waals surface area contributed by atoms with E-state index in [1.54, 1.807) is 18.3 Å². The summed E-state index contributed by atoms with van der Waals surface area (Å²) in [6, 6.07) is 15.8. The van der Waals surface area contributed by atoms with Crippen LogP contribution in [-0.4, -0.2) is 4.98 Å². The summed E-state index contributed by atoms with van der Waals surface area (Å²) in [6.45, 7) is 4.14. The Labute approximate surface area is 156 Å². The van der Waals surface area contributed by atoms with E-state index >= 15 is 0 Å². The maximum absolute atomic E-state index is 9.47. The molecule has 124 valence electrons. The number of hydrogen-bond acceptors (Lipinski definition) is 4. The molecule has 0 unspecified atom stereocenters. The van der Waals surface area contributed by atoms with Crippen LogP contribution in [0.15, 0.2) is 54.0 Å². The molecule has 3 rings (SSSR count). The van der Waals surface area contributed by atoms with Crippen LogP contribution in [0.4, 0.5) is 5.69 Å². The van der Waals surface area contributed by atoms with E-state index in [9.17, 15) is 5.26 Å². The molecule has 0 atom stereocenters. The van der Waals surface area contributed by atoms with Crippen molar-refractivity contribution < 1.29 is 0 Å². The molecular formula is C20H16ClN3S. The molecule has 0 fully saturated rings. The maximum Gasteiger partial charge on any atom is 0.136 e. The second-order valence-corrected chi connectivity index (χ2v) is 6.98. The monoisotopic (exact) mass is 365 g/mol. The summed E-state index contributed by atoms with van der Waals surface area (Å²) in [7, 11) is 0. The maximum atomic E-state index is 9.47. The number of benzene rings is 2. The minimum atomic E-state index is 0.487. The normalized spacial score (nSPS) is 11.2. The molecule has 2 aromatic carbocycles. The van der Waals surface area contributed by atoms with Gasteiger partial charge in [0.15, 0.2) is 0 Å². The molecule has 0 saturated heterocycles. The third-order valence-electron chi connectivity index (χ3n) is 3.72. The lowest BCUT2D eigenvalue weighted by Crippen LogP contribution is -1.91. The van der Waals surface area contributed by atoms with Crippen molar-refractivity contribution in [2.45, 2.75) is 13.8 Å². The first-order valence-corrected chi connectivity index (χ1v) is 8.98. The molecule has 1 N–H and O–H groups in total. The number of aromatic nitrogens is 1. The fraction of sp³-hybridized carbons (Fsp3) is 0.100. The van der Waals surface area contributed by atoms with E-state index in [-0.39, 0.29) is 0 Å². The van der Waals surface area contributed by atoms with E-state index in [0.717, 1.165) is 16.9 Å². The number of aryl methyl sites for hydroxylation is 2. The van der Waals surface area contributed by atoms with Gasteiger partial charge in [-0.25, -0.2) is 4.98 Å². The number of nitriles is 1. The molecule has 25 heavy (non-hydrogen) atoms. The molecule has 0 aliphatic rings. The quantitative estimate of drug-likeness (QED) is 0.572. The van der Waals surface area contributed by atoms with Gasteiger partial charge in [0.1, 0.15) is 16.6 Å². The van der Waals surface area contributed by atoms with Gasteiger partial charge in [-0.15, -0.1) is 11.3 Å². The summed E-state index contributed by atoms with van der Waals surface area (Å²) >= 11 is 7.43. The van der Waals surface area contributed by atoms with Gasteiger partial charge in [-0.1, -0.05) is 41.4 Å². The Morgan fingerprint density at radius 3 is 2.80 bits per heavy atom. The van der Waals surface area contributed by atoms with Gasteiger partial charge in [0, 0.05) is 27.9 Å². The Balaban J connectivity index is 1.86. The number of thiazole rings is 1. The topological polar surface area (TPSA) is 48.7 Å². The summed E-state index contributed by atoms with van der Waals surface area (Å²) in [5, 5.41) is 15.9. The highest BCUT2D eigenvalue weighted by Crippen LogP contribution is 2.28. The van der Waals surface area contributed by atoms with Crippen LogP contribution < -0.4 is 5.32 Å². The van der Waals surface area contributed by atoms with Crippen LogP contribution in [0.25, 0.3) is 16.8 Å².